The van der Waals surface area contributed by atoms with Crippen molar-refractivity contribution in [2.45, 2.75) is 6.92 Å². The summed E-state index contributed by atoms with van der Waals surface area (Å²) in [6.07, 6.45) is 0. The van der Waals surface area contributed by atoms with Crippen molar-refractivity contribution in [1.29, 1.82) is 0 Å². The fourth-order valence-electron chi connectivity index (χ4n) is 2.58. The van der Waals surface area contributed by atoms with Crippen LogP contribution in [-0.4, -0.2) is 22.2 Å². The van der Waals surface area contributed by atoms with E-state index in [0.29, 0.717) is 34.6 Å². The summed E-state index contributed by atoms with van der Waals surface area (Å²) in [7, 11) is 0. The summed E-state index contributed by atoms with van der Waals surface area (Å²) in [5.74, 6) is -0.656. The lowest BCUT2D eigenvalue weighted by atomic mass is 10.1. The van der Waals surface area contributed by atoms with Crippen LogP contribution in [0.15, 0.2) is 53.3 Å². The summed E-state index contributed by atoms with van der Waals surface area (Å²) >= 11 is 0. The second-order valence-corrected chi connectivity index (χ2v) is 5.25. The normalized spacial score (nSPS) is 10.7. The molecular formula is C18H16N2O4. The van der Waals surface area contributed by atoms with Gasteiger partial charge >= 0.3 is 5.97 Å². The number of nitrogens with zero attached hydrogens (tertiary/aromatic N) is 1. The van der Waals surface area contributed by atoms with E-state index in [2.05, 4.69) is 0 Å². The molecule has 0 bridgehead atoms. The summed E-state index contributed by atoms with van der Waals surface area (Å²) in [5.41, 5.74) is 6.47. The van der Waals surface area contributed by atoms with Crippen LogP contribution in [0.2, 0.25) is 0 Å². The van der Waals surface area contributed by atoms with Crippen molar-refractivity contribution in [3.63, 3.8) is 0 Å². The smallest absolute Gasteiger partial charge is 0.341 e. The Labute approximate surface area is 137 Å². The predicted molar refractivity (Wildman–Crippen MR) is 92.1 cm³/mol. The molecule has 0 unspecified atom stereocenters. The molecule has 24 heavy (non-hydrogen) atoms. The van der Waals surface area contributed by atoms with Crippen molar-refractivity contribution >= 4 is 22.6 Å². The fraction of sp³-hybridized carbons (Fsp3) is 0.111. The summed E-state index contributed by atoms with van der Waals surface area (Å²) in [6.45, 7) is 2.36. The van der Waals surface area contributed by atoms with E-state index in [4.69, 9.17) is 10.5 Å². The van der Waals surface area contributed by atoms with E-state index in [1.807, 2.05) is 6.92 Å². The Morgan fingerprint density at radius 1 is 1.17 bits per heavy atom. The third kappa shape index (κ3) is 2.69. The van der Waals surface area contributed by atoms with Gasteiger partial charge < -0.3 is 15.6 Å². The Morgan fingerprint density at radius 3 is 2.50 bits per heavy atom. The quantitative estimate of drug-likeness (QED) is 0.720. The molecule has 0 saturated carbocycles. The van der Waals surface area contributed by atoms with Crippen LogP contribution in [0, 0.1) is 0 Å². The lowest BCUT2D eigenvalue weighted by molar-refractivity contribution is 0.0695. The molecule has 1 heterocycles. The highest BCUT2D eigenvalue weighted by molar-refractivity contribution is 5.93. The third-order valence-corrected chi connectivity index (χ3v) is 3.67. The van der Waals surface area contributed by atoms with Gasteiger partial charge in [0.15, 0.2) is 0 Å². The predicted octanol–water partition coefficient (Wildman–Crippen LogP) is 2.67. The molecule has 3 N–H and O–H groups in total. The minimum absolute atomic E-state index is 0.288. The molecule has 0 radical (unpaired) electrons. The number of nitrogen functional groups attached to an aromatic ring is 1. The average molecular weight is 324 g/mol. The Kier molecular flexibility index (Phi) is 3.95. The van der Waals surface area contributed by atoms with E-state index in [0.717, 1.165) is 0 Å². The number of anilines is 1. The number of nitrogens with two attached hydrogens (primary N) is 1. The van der Waals surface area contributed by atoms with Crippen molar-refractivity contribution < 1.29 is 14.6 Å². The molecule has 122 valence electrons. The standard InChI is InChI=1S/C18H16N2O4/c1-2-24-14-8-3-11-9-15(18(22)23)17(21)20(16(11)10-14)13-6-4-12(19)5-7-13/h3-10H,2,19H2,1H3,(H,22,23). The highest BCUT2D eigenvalue weighted by atomic mass is 16.5. The molecule has 0 fully saturated rings. The van der Waals surface area contributed by atoms with Crippen molar-refractivity contribution in [1.82, 2.24) is 4.57 Å². The number of benzene rings is 2. The van der Waals surface area contributed by atoms with E-state index >= 15 is 0 Å². The van der Waals surface area contributed by atoms with E-state index in [1.165, 1.54) is 10.6 Å². The molecule has 0 spiro atoms. The number of pyridine rings is 1. The van der Waals surface area contributed by atoms with E-state index in [1.54, 1.807) is 42.5 Å². The number of aromatic carboxylic acids is 1. The zero-order valence-electron chi connectivity index (χ0n) is 13.0. The number of carbonyl (C=O) groups is 1. The van der Waals surface area contributed by atoms with Crippen LogP contribution in [0.4, 0.5) is 5.69 Å². The highest BCUT2D eigenvalue weighted by Gasteiger charge is 2.16. The van der Waals surface area contributed by atoms with Gasteiger partial charge in [-0.2, -0.15) is 0 Å². The summed E-state index contributed by atoms with van der Waals surface area (Å²) < 4.78 is 6.85. The second-order valence-electron chi connectivity index (χ2n) is 5.25. The van der Waals surface area contributed by atoms with Crippen molar-refractivity contribution in [2.75, 3.05) is 12.3 Å². The van der Waals surface area contributed by atoms with Crippen LogP contribution in [0.3, 0.4) is 0 Å². The van der Waals surface area contributed by atoms with Crippen molar-refractivity contribution in [3.05, 3.63) is 64.4 Å². The van der Waals surface area contributed by atoms with Crippen molar-refractivity contribution in [2.24, 2.45) is 0 Å². The third-order valence-electron chi connectivity index (χ3n) is 3.67. The molecule has 0 atom stereocenters. The van der Waals surface area contributed by atoms with Gasteiger partial charge in [0, 0.05) is 17.4 Å². The fourth-order valence-corrected chi connectivity index (χ4v) is 2.58. The molecule has 6 nitrogen and oxygen atoms in total. The number of rotatable bonds is 4. The molecule has 2 aromatic carbocycles. The minimum atomic E-state index is -1.26. The highest BCUT2D eigenvalue weighted by Crippen LogP contribution is 2.23. The Balaban J connectivity index is 2.39. The number of hydrogen-bond donors (Lipinski definition) is 2. The maximum Gasteiger partial charge on any atom is 0.341 e. The Morgan fingerprint density at radius 2 is 1.88 bits per heavy atom. The van der Waals surface area contributed by atoms with Gasteiger partial charge in [-0.3, -0.25) is 9.36 Å². The van der Waals surface area contributed by atoms with Crippen LogP contribution < -0.4 is 16.0 Å². The largest absolute Gasteiger partial charge is 0.494 e. The first-order chi connectivity index (χ1) is 11.5. The van der Waals surface area contributed by atoms with Gasteiger partial charge in [-0.25, -0.2) is 4.79 Å². The van der Waals surface area contributed by atoms with Gasteiger partial charge in [-0.15, -0.1) is 0 Å². The lowest BCUT2D eigenvalue weighted by Gasteiger charge is -2.13. The average Bonchev–Trinajstić information content (AvgIpc) is 2.55. The van der Waals surface area contributed by atoms with Crippen LogP contribution >= 0.6 is 0 Å². The zero-order chi connectivity index (χ0) is 17.3. The zero-order valence-corrected chi connectivity index (χ0v) is 13.0. The molecule has 0 aliphatic carbocycles. The molecule has 0 amide bonds. The Bertz CT molecular complexity index is 975. The van der Waals surface area contributed by atoms with Gasteiger partial charge in [0.25, 0.3) is 5.56 Å². The van der Waals surface area contributed by atoms with E-state index in [-0.39, 0.29) is 5.56 Å². The first-order valence-electron chi connectivity index (χ1n) is 7.43. The van der Waals surface area contributed by atoms with E-state index < -0.39 is 11.5 Å². The minimum Gasteiger partial charge on any atom is -0.494 e. The number of fused-ring (bicyclic) bond motifs is 1. The first-order valence-corrected chi connectivity index (χ1v) is 7.43. The topological polar surface area (TPSA) is 94.5 Å². The summed E-state index contributed by atoms with van der Waals surface area (Å²) in [6, 6.07) is 13.3. The molecular weight excluding hydrogens is 308 g/mol. The van der Waals surface area contributed by atoms with E-state index in [9.17, 15) is 14.7 Å². The number of aromatic nitrogens is 1. The molecule has 3 rings (SSSR count). The molecule has 0 aliphatic rings. The van der Waals surface area contributed by atoms with Gasteiger partial charge in [-0.05, 0) is 54.8 Å². The maximum atomic E-state index is 12.7. The first kappa shape index (κ1) is 15.6. The molecule has 6 heteroatoms. The monoisotopic (exact) mass is 324 g/mol. The van der Waals surface area contributed by atoms with Gasteiger partial charge in [-0.1, -0.05) is 0 Å². The molecule has 3 aromatic rings. The van der Waals surface area contributed by atoms with Crippen LogP contribution in [0.25, 0.3) is 16.6 Å². The summed E-state index contributed by atoms with van der Waals surface area (Å²) in [4.78, 5) is 24.1. The van der Waals surface area contributed by atoms with Crippen LogP contribution in [0.5, 0.6) is 5.75 Å². The van der Waals surface area contributed by atoms with Gasteiger partial charge in [0.2, 0.25) is 0 Å². The van der Waals surface area contributed by atoms with Crippen LogP contribution in [-0.2, 0) is 0 Å². The molecule has 0 aliphatic heterocycles. The number of carboxylic acids is 1. The number of ether oxygens (including phenoxy) is 1. The summed E-state index contributed by atoms with van der Waals surface area (Å²) in [5, 5.41) is 9.95. The lowest BCUT2D eigenvalue weighted by Crippen LogP contribution is -2.25. The SMILES string of the molecule is CCOc1ccc2cc(C(=O)O)c(=O)n(-c3ccc(N)cc3)c2c1. The van der Waals surface area contributed by atoms with Crippen molar-refractivity contribution in [3.8, 4) is 11.4 Å². The maximum absolute atomic E-state index is 12.7. The molecule has 0 saturated heterocycles. The van der Waals surface area contributed by atoms with Gasteiger partial charge in [0.1, 0.15) is 11.3 Å². The number of hydrogen-bond acceptors (Lipinski definition) is 4. The number of carboxylic acid groups (broad SMARTS) is 1. The van der Waals surface area contributed by atoms with Crippen LogP contribution in [0.1, 0.15) is 17.3 Å². The van der Waals surface area contributed by atoms with Gasteiger partial charge in [0.05, 0.1) is 12.1 Å². The second kappa shape index (κ2) is 6.08. The Hall–Kier alpha value is -3.28. The molecule has 1 aromatic heterocycles.